The molecule has 0 aliphatic carbocycles. The molecule has 0 unspecified atom stereocenters. The van der Waals surface area contributed by atoms with Crippen molar-refractivity contribution in [1.29, 1.82) is 0 Å². The van der Waals surface area contributed by atoms with Gasteiger partial charge in [0.05, 0.1) is 12.2 Å². The van der Waals surface area contributed by atoms with Gasteiger partial charge in [-0.25, -0.2) is 8.42 Å². The minimum Gasteiger partial charge on any atom is -0.492 e. The van der Waals surface area contributed by atoms with Gasteiger partial charge in [-0.05, 0) is 49.4 Å². The van der Waals surface area contributed by atoms with E-state index >= 15 is 0 Å². The van der Waals surface area contributed by atoms with Gasteiger partial charge in [-0.15, -0.1) is 0 Å². The monoisotopic (exact) mass is 474 g/mol. The number of ether oxygens (including phenoxy) is 2. The van der Waals surface area contributed by atoms with Gasteiger partial charge in [0.2, 0.25) is 10.0 Å². The topological polar surface area (TPSA) is 84.9 Å². The smallest absolute Gasteiger partial charge is 0.416 e. The quantitative estimate of drug-likeness (QED) is 0.559. The molecule has 2 aromatic rings. The number of sulfonamides is 1. The van der Waals surface area contributed by atoms with Gasteiger partial charge in [0.15, 0.2) is 6.61 Å². The Morgan fingerprint density at radius 1 is 1.00 bits per heavy atom. The average molecular weight is 475 g/mol. The molecule has 1 N–H and O–H groups in total. The molecule has 2 rings (SSSR count). The van der Waals surface area contributed by atoms with E-state index in [0.717, 1.165) is 24.3 Å². The van der Waals surface area contributed by atoms with Crippen LogP contribution in [0.1, 0.15) is 26.3 Å². The molecular formula is C21H25F3N2O5S. The lowest BCUT2D eigenvalue weighted by molar-refractivity contribution is -0.137. The summed E-state index contributed by atoms with van der Waals surface area (Å²) in [6.07, 6.45) is -4.47. The summed E-state index contributed by atoms with van der Waals surface area (Å²) in [6, 6.07) is 8.17. The van der Waals surface area contributed by atoms with Crippen LogP contribution in [0.2, 0.25) is 0 Å². The summed E-state index contributed by atoms with van der Waals surface area (Å²) in [5.74, 6) is -0.358. The average Bonchev–Trinajstić information content (AvgIpc) is 2.74. The first-order valence-corrected chi connectivity index (χ1v) is 11.3. The minimum absolute atomic E-state index is 0.0792. The first kappa shape index (κ1) is 25.5. The largest absolute Gasteiger partial charge is 0.492 e. The van der Waals surface area contributed by atoms with Crippen LogP contribution in [-0.4, -0.2) is 44.9 Å². The summed E-state index contributed by atoms with van der Waals surface area (Å²) in [7, 11) is -3.85. The molecular weight excluding hydrogens is 449 g/mol. The summed E-state index contributed by atoms with van der Waals surface area (Å²) in [5.41, 5.74) is -0.620. The maximum atomic E-state index is 13.0. The maximum Gasteiger partial charge on any atom is 0.416 e. The van der Waals surface area contributed by atoms with Crippen LogP contribution in [0.5, 0.6) is 11.5 Å². The van der Waals surface area contributed by atoms with E-state index < -0.39 is 34.3 Å². The number of halogens is 3. The number of carbonyl (C=O) groups excluding carboxylic acids is 1. The number of nitrogens with one attached hydrogen (secondary N) is 1. The van der Waals surface area contributed by atoms with E-state index in [1.54, 1.807) is 20.8 Å². The molecule has 0 aromatic heterocycles. The van der Waals surface area contributed by atoms with E-state index in [0.29, 0.717) is 0 Å². The Balaban J connectivity index is 2.14. The van der Waals surface area contributed by atoms with Gasteiger partial charge in [-0.2, -0.15) is 17.5 Å². The lowest BCUT2D eigenvalue weighted by atomic mass is 10.2. The van der Waals surface area contributed by atoms with Gasteiger partial charge in [-0.1, -0.05) is 13.8 Å². The minimum atomic E-state index is -4.47. The highest BCUT2D eigenvalue weighted by atomic mass is 32.2. The first-order valence-electron chi connectivity index (χ1n) is 9.89. The van der Waals surface area contributed by atoms with Crippen LogP contribution in [0.3, 0.4) is 0 Å². The maximum absolute atomic E-state index is 13.0. The lowest BCUT2D eigenvalue weighted by Crippen LogP contribution is -2.31. The van der Waals surface area contributed by atoms with Crippen LogP contribution in [-0.2, 0) is 21.0 Å². The molecule has 0 atom stereocenters. The van der Waals surface area contributed by atoms with Crippen molar-refractivity contribution in [2.24, 2.45) is 0 Å². The molecule has 0 saturated heterocycles. The van der Waals surface area contributed by atoms with Gasteiger partial charge >= 0.3 is 6.18 Å². The summed E-state index contributed by atoms with van der Waals surface area (Å²) in [5, 5.41) is 2.52. The van der Waals surface area contributed by atoms with Crippen molar-refractivity contribution in [3.8, 4) is 11.5 Å². The molecule has 0 spiro atoms. The van der Waals surface area contributed by atoms with Crippen LogP contribution in [0.15, 0.2) is 47.4 Å². The zero-order valence-corrected chi connectivity index (χ0v) is 18.7. The number of hydrogen-bond acceptors (Lipinski definition) is 5. The molecule has 176 valence electrons. The van der Waals surface area contributed by atoms with Crippen LogP contribution < -0.4 is 14.8 Å². The normalized spacial score (nSPS) is 12.0. The number of benzene rings is 2. The molecule has 0 saturated carbocycles. The van der Waals surface area contributed by atoms with E-state index in [-0.39, 0.29) is 41.8 Å². The summed E-state index contributed by atoms with van der Waals surface area (Å²) in [4.78, 5) is 12.1. The van der Waals surface area contributed by atoms with Crippen molar-refractivity contribution in [3.05, 3.63) is 48.0 Å². The fourth-order valence-electron chi connectivity index (χ4n) is 2.85. The van der Waals surface area contributed by atoms with Crippen LogP contribution in [0.4, 0.5) is 18.9 Å². The third-order valence-electron chi connectivity index (χ3n) is 4.40. The molecule has 32 heavy (non-hydrogen) atoms. The SMILES string of the molecule is CCOc1ccc(NC(=O)COc2ccc(C(F)(F)F)cc2)cc1S(=O)(=O)N(CC)CC. The van der Waals surface area contributed by atoms with Gasteiger partial charge in [0.1, 0.15) is 16.4 Å². The molecule has 2 aromatic carbocycles. The molecule has 0 bridgehead atoms. The number of anilines is 1. The third-order valence-corrected chi connectivity index (χ3v) is 6.47. The van der Waals surface area contributed by atoms with Crippen LogP contribution >= 0.6 is 0 Å². The zero-order chi connectivity index (χ0) is 23.9. The number of nitrogens with zero attached hydrogens (tertiary/aromatic N) is 1. The van der Waals surface area contributed by atoms with Crippen molar-refractivity contribution in [1.82, 2.24) is 4.31 Å². The van der Waals surface area contributed by atoms with Gasteiger partial charge in [-0.3, -0.25) is 4.79 Å². The van der Waals surface area contributed by atoms with Gasteiger partial charge in [0.25, 0.3) is 5.91 Å². The number of alkyl halides is 3. The molecule has 0 fully saturated rings. The highest BCUT2D eigenvalue weighted by Gasteiger charge is 2.30. The van der Waals surface area contributed by atoms with Crippen molar-refractivity contribution in [2.75, 3.05) is 31.6 Å². The Kier molecular flexibility index (Phi) is 8.51. The van der Waals surface area contributed by atoms with Crippen molar-refractivity contribution >= 4 is 21.6 Å². The third kappa shape index (κ3) is 6.36. The summed E-state index contributed by atoms with van der Waals surface area (Å²) >= 11 is 0. The molecule has 11 heteroatoms. The summed E-state index contributed by atoms with van der Waals surface area (Å²) in [6.45, 7) is 5.47. The lowest BCUT2D eigenvalue weighted by Gasteiger charge is -2.21. The number of hydrogen-bond donors (Lipinski definition) is 1. The molecule has 0 aliphatic rings. The van der Waals surface area contributed by atoms with E-state index in [4.69, 9.17) is 9.47 Å². The Labute approximate surface area is 185 Å². The second-order valence-electron chi connectivity index (χ2n) is 6.54. The predicted molar refractivity (Wildman–Crippen MR) is 113 cm³/mol. The van der Waals surface area contributed by atoms with E-state index in [1.807, 2.05) is 0 Å². The number of rotatable bonds is 10. The van der Waals surface area contributed by atoms with Crippen molar-refractivity contribution in [2.45, 2.75) is 31.8 Å². The van der Waals surface area contributed by atoms with E-state index in [1.165, 1.54) is 22.5 Å². The molecule has 1 amide bonds. The Bertz CT molecular complexity index is 1020. The highest BCUT2D eigenvalue weighted by molar-refractivity contribution is 7.89. The standard InChI is InChI=1S/C21H25F3N2O5S/c1-4-26(5-2)32(28,29)19-13-16(9-12-18(19)30-6-3)25-20(27)14-31-17-10-7-15(8-11-17)21(22,23)24/h7-13H,4-6,14H2,1-3H3,(H,25,27). The van der Waals surface area contributed by atoms with E-state index in [2.05, 4.69) is 5.32 Å². The Hall–Kier alpha value is -2.79. The number of amides is 1. The Morgan fingerprint density at radius 2 is 1.62 bits per heavy atom. The first-order chi connectivity index (χ1) is 15.0. The van der Waals surface area contributed by atoms with Crippen LogP contribution in [0, 0.1) is 0 Å². The molecule has 0 radical (unpaired) electrons. The van der Waals surface area contributed by atoms with E-state index in [9.17, 15) is 26.4 Å². The fraction of sp³-hybridized carbons (Fsp3) is 0.381. The van der Waals surface area contributed by atoms with Gasteiger partial charge < -0.3 is 14.8 Å². The number of carbonyl (C=O) groups is 1. The fourth-order valence-corrected chi connectivity index (χ4v) is 4.47. The molecule has 0 aliphatic heterocycles. The second-order valence-corrected chi connectivity index (χ2v) is 8.45. The van der Waals surface area contributed by atoms with Crippen molar-refractivity contribution < 1.29 is 35.9 Å². The Morgan fingerprint density at radius 3 is 2.16 bits per heavy atom. The highest BCUT2D eigenvalue weighted by Crippen LogP contribution is 2.31. The van der Waals surface area contributed by atoms with Gasteiger partial charge in [0, 0.05) is 18.8 Å². The zero-order valence-electron chi connectivity index (χ0n) is 17.9. The predicted octanol–water partition coefficient (Wildman–Crippen LogP) is 4.15. The molecule has 0 heterocycles. The van der Waals surface area contributed by atoms with Crippen molar-refractivity contribution in [3.63, 3.8) is 0 Å². The molecule has 7 nitrogen and oxygen atoms in total. The second kappa shape index (κ2) is 10.7. The van der Waals surface area contributed by atoms with Crippen LogP contribution in [0.25, 0.3) is 0 Å². The summed E-state index contributed by atoms with van der Waals surface area (Å²) < 4.78 is 75.7.